The van der Waals surface area contributed by atoms with Crippen molar-refractivity contribution in [2.75, 3.05) is 32.5 Å². The number of fused-ring (bicyclic) bond motifs is 1. The largest absolute Gasteiger partial charge is 0.346 e. The van der Waals surface area contributed by atoms with Crippen molar-refractivity contribution in [3.8, 4) is 0 Å². The first-order valence-electron chi connectivity index (χ1n) is 9.56. The van der Waals surface area contributed by atoms with Crippen LogP contribution in [0.15, 0.2) is 72.3 Å². The molecule has 1 heterocycles. The number of sulfonamides is 1. The number of amides is 1. The van der Waals surface area contributed by atoms with Gasteiger partial charge in [-0.15, -0.1) is 6.58 Å². The topological polar surface area (TPSA) is 83.4 Å². The van der Waals surface area contributed by atoms with Crippen LogP contribution in [0.3, 0.4) is 0 Å². The van der Waals surface area contributed by atoms with Crippen molar-refractivity contribution in [2.45, 2.75) is 11.4 Å². The molecule has 0 radical (unpaired) electrons. The molecule has 3 aromatic rings. The van der Waals surface area contributed by atoms with Gasteiger partial charge in [0.15, 0.2) is 0 Å². The first kappa shape index (κ1) is 21.8. The van der Waals surface area contributed by atoms with Crippen LogP contribution in [0.5, 0.6) is 0 Å². The summed E-state index contributed by atoms with van der Waals surface area (Å²) in [6.07, 6.45) is 3.51. The van der Waals surface area contributed by atoms with Gasteiger partial charge >= 0.3 is 0 Å². The van der Waals surface area contributed by atoms with E-state index in [-0.39, 0.29) is 17.3 Å². The Kier molecular flexibility index (Phi) is 6.71. The lowest BCUT2D eigenvalue weighted by Gasteiger charge is -2.11. The molecule has 0 saturated carbocycles. The third-order valence-electron chi connectivity index (χ3n) is 4.66. The Hall–Kier alpha value is -2.94. The van der Waals surface area contributed by atoms with Gasteiger partial charge in [0.2, 0.25) is 10.0 Å². The van der Waals surface area contributed by atoms with Gasteiger partial charge < -0.3 is 14.8 Å². The van der Waals surface area contributed by atoms with Crippen molar-refractivity contribution in [1.29, 1.82) is 0 Å². The predicted molar refractivity (Wildman–Crippen MR) is 120 cm³/mol. The molecule has 0 atom stereocenters. The first-order valence-corrected chi connectivity index (χ1v) is 11.0. The van der Waals surface area contributed by atoms with Gasteiger partial charge in [-0.05, 0) is 62.6 Å². The number of aromatic nitrogens is 1. The Morgan fingerprint density at radius 2 is 1.87 bits per heavy atom. The van der Waals surface area contributed by atoms with Gasteiger partial charge in [-0.2, -0.15) is 0 Å². The molecule has 3 rings (SSSR count). The van der Waals surface area contributed by atoms with Crippen LogP contribution in [0.4, 0.5) is 5.69 Å². The standard InChI is InChI=1S/C22H26N4O3S/c1-4-12-23-30(28,29)20-8-5-17(6-9-20)22(27)24-19-7-10-21-18(16-19)11-13-26(21)15-14-25(2)3/h4-11,13,16,23H,1,12,14-15H2,2-3H3,(H,24,27). The van der Waals surface area contributed by atoms with Crippen molar-refractivity contribution in [2.24, 2.45) is 0 Å². The highest BCUT2D eigenvalue weighted by molar-refractivity contribution is 7.89. The monoisotopic (exact) mass is 426 g/mol. The third-order valence-corrected chi connectivity index (χ3v) is 6.10. The van der Waals surface area contributed by atoms with Crippen molar-refractivity contribution < 1.29 is 13.2 Å². The zero-order chi connectivity index (χ0) is 21.7. The fourth-order valence-corrected chi connectivity index (χ4v) is 4.02. The summed E-state index contributed by atoms with van der Waals surface area (Å²) in [6.45, 7) is 5.46. The summed E-state index contributed by atoms with van der Waals surface area (Å²) in [5.74, 6) is -0.301. The van der Waals surface area contributed by atoms with Gasteiger partial charge in [0.25, 0.3) is 5.91 Å². The van der Waals surface area contributed by atoms with E-state index in [2.05, 4.69) is 26.1 Å². The summed E-state index contributed by atoms with van der Waals surface area (Å²) in [5, 5.41) is 3.91. The maximum atomic E-state index is 12.6. The second-order valence-electron chi connectivity index (χ2n) is 7.21. The Balaban J connectivity index is 1.71. The SMILES string of the molecule is C=CCNS(=O)(=O)c1ccc(C(=O)Nc2ccc3c(ccn3CCN(C)C)c2)cc1. The van der Waals surface area contributed by atoms with Crippen LogP contribution in [0.25, 0.3) is 10.9 Å². The van der Waals surface area contributed by atoms with Crippen LogP contribution in [-0.2, 0) is 16.6 Å². The number of rotatable bonds is 9. The van der Waals surface area contributed by atoms with Crippen molar-refractivity contribution in [3.63, 3.8) is 0 Å². The van der Waals surface area contributed by atoms with Crippen molar-refractivity contribution in [1.82, 2.24) is 14.2 Å². The summed E-state index contributed by atoms with van der Waals surface area (Å²) in [4.78, 5) is 14.8. The maximum absolute atomic E-state index is 12.6. The van der Waals surface area contributed by atoms with E-state index in [1.54, 1.807) is 0 Å². The highest BCUT2D eigenvalue weighted by Crippen LogP contribution is 2.21. The van der Waals surface area contributed by atoms with E-state index in [1.165, 1.54) is 30.3 Å². The minimum atomic E-state index is -3.61. The second kappa shape index (κ2) is 9.25. The molecule has 1 aromatic heterocycles. The van der Waals surface area contributed by atoms with Crippen LogP contribution in [-0.4, -0.2) is 51.0 Å². The molecular formula is C22H26N4O3S. The number of hydrogen-bond acceptors (Lipinski definition) is 4. The highest BCUT2D eigenvalue weighted by atomic mass is 32.2. The van der Waals surface area contributed by atoms with Crippen molar-refractivity contribution >= 4 is 32.5 Å². The molecule has 0 fully saturated rings. The van der Waals surface area contributed by atoms with Crippen LogP contribution in [0, 0.1) is 0 Å². The van der Waals surface area contributed by atoms with E-state index < -0.39 is 10.0 Å². The summed E-state index contributed by atoms with van der Waals surface area (Å²) < 4.78 is 28.8. The molecule has 0 aliphatic heterocycles. The molecule has 0 unspecified atom stereocenters. The minimum Gasteiger partial charge on any atom is -0.346 e. The van der Waals surface area contributed by atoms with Crippen molar-refractivity contribution in [3.05, 3.63) is 72.9 Å². The Bertz CT molecular complexity index is 1150. The second-order valence-corrected chi connectivity index (χ2v) is 8.97. The number of benzene rings is 2. The fraction of sp³-hybridized carbons (Fsp3) is 0.227. The molecule has 158 valence electrons. The quantitative estimate of drug-likeness (QED) is 0.516. The number of hydrogen-bond donors (Lipinski definition) is 2. The zero-order valence-corrected chi connectivity index (χ0v) is 17.9. The van der Waals surface area contributed by atoms with Crippen LogP contribution in [0.2, 0.25) is 0 Å². The zero-order valence-electron chi connectivity index (χ0n) is 17.1. The van der Waals surface area contributed by atoms with Crippen LogP contribution in [0.1, 0.15) is 10.4 Å². The van der Waals surface area contributed by atoms with E-state index >= 15 is 0 Å². The molecule has 0 aliphatic carbocycles. The normalized spacial score (nSPS) is 11.7. The third kappa shape index (κ3) is 5.15. The smallest absolute Gasteiger partial charge is 0.255 e. The number of carbonyl (C=O) groups excluding carboxylic acids is 1. The summed E-state index contributed by atoms with van der Waals surface area (Å²) >= 11 is 0. The molecule has 8 heteroatoms. The van der Waals surface area contributed by atoms with E-state index in [0.29, 0.717) is 11.3 Å². The number of anilines is 1. The molecule has 7 nitrogen and oxygen atoms in total. The number of nitrogens with one attached hydrogen (secondary N) is 2. The average molecular weight is 427 g/mol. The first-order chi connectivity index (χ1) is 14.3. The average Bonchev–Trinajstić information content (AvgIpc) is 3.13. The van der Waals surface area contributed by atoms with Gasteiger partial charge in [-0.3, -0.25) is 4.79 Å². The van der Waals surface area contributed by atoms with Crippen LogP contribution < -0.4 is 10.0 Å². The van der Waals surface area contributed by atoms with Gasteiger partial charge in [0.1, 0.15) is 0 Å². The Morgan fingerprint density at radius 3 is 2.53 bits per heavy atom. The highest BCUT2D eigenvalue weighted by Gasteiger charge is 2.14. The molecular weight excluding hydrogens is 400 g/mol. The maximum Gasteiger partial charge on any atom is 0.255 e. The summed E-state index contributed by atoms with van der Waals surface area (Å²) in [6, 6.07) is 13.6. The van der Waals surface area contributed by atoms with E-state index in [9.17, 15) is 13.2 Å². The molecule has 1 amide bonds. The van der Waals surface area contributed by atoms with Gasteiger partial charge in [0, 0.05) is 48.0 Å². The molecule has 0 saturated heterocycles. The molecule has 2 N–H and O–H groups in total. The van der Waals surface area contributed by atoms with Gasteiger partial charge in [0.05, 0.1) is 4.90 Å². The molecule has 0 bridgehead atoms. The van der Waals surface area contributed by atoms with E-state index in [0.717, 1.165) is 24.0 Å². The number of likely N-dealkylation sites (N-methyl/N-ethyl adjacent to an activating group) is 1. The fourth-order valence-electron chi connectivity index (χ4n) is 3.02. The lowest BCUT2D eigenvalue weighted by atomic mass is 10.2. The molecule has 0 spiro atoms. The van der Waals surface area contributed by atoms with E-state index in [4.69, 9.17) is 0 Å². The predicted octanol–water partition coefficient (Wildman–Crippen LogP) is 2.92. The molecule has 30 heavy (non-hydrogen) atoms. The molecule has 2 aromatic carbocycles. The minimum absolute atomic E-state index is 0.0985. The summed E-state index contributed by atoms with van der Waals surface area (Å²) in [7, 11) is 0.467. The Labute approximate surface area is 177 Å². The van der Waals surface area contributed by atoms with E-state index in [1.807, 2.05) is 44.6 Å². The summed E-state index contributed by atoms with van der Waals surface area (Å²) in [5.41, 5.74) is 2.17. The van der Waals surface area contributed by atoms with Crippen LogP contribution >= 0.6 is 0 Å². The number of carbonyl (C=O) groups is 1. The Morgan fingerprint density at radius 1 is 1.13 bits per heavy atom. The lowest BCUT2D eigenvalue weighted by Crippen LogP contribution is -2.23. The van der Waals surface area contributed by atoms with Gasteiger partial charge in [-0.1, -0.05) is 6.08 Å². The van der Waals surface area contributed by atoms with Gasteiger partial charge in [-0.25, -0.2) is 13.1 Å². The molecule has 0 aliphatic rings. The lowest BCUT2D eigenvalue weighted by molar-refractivity contribution is 0.102. The number of nitrogens with zero attached hydrogens (tertiary/aromatic N) is 2.